The minimum Gasteiger partial charge on any atom is -0.394 e. The van der Waals surface area contributed by atoms with Crippen LogP contribution in [0.2, 0.25) is 0 Å². The molecule has 2 aliphatic rings. The molecule has 26 heavy (non-hydrogen) atoms. The molecule has 10 heteroatoms. The molecule has 0 aromatic heterocycles. The highest BCUT2D eigenvalue weighted by Crippen LogP contribution is 2.30. The second-order valence-corrected chi connectivity index (χ2v) is 7.03. The van der Waals surface area contributed by atoms with E-state index in [9.17, 15) is 25.2 Å². The Hall–Kier alpha value is -0.850. The van der Waals surface area contributed by atoms with Crippen molar-refractivity contribution in [1.82, 2.24) is 5.32 Å². The van der Waals surface area contributed by atoms with Crippen LogP contribution in [0.25, 0.3) is 0 Å². The summed E-state index contributed by atoms with van der Waals surface area (Å²) >= 11 is 0. The van der Waals surface area contributed by atoms with Crippen LogP contribution in [0.4, 0.5) is 0 Å². The molecule has 0 aliphatic carbocycles. The largest absolute Gasteiger partial charge is 0.394 e. The van der Waals surface area contributed by atoms with E-state index in [1.165, 1.54) is 6.92 Å². The summed E-state index contributed by atoms with van der Waals surface area (Å²) in [4.78, 5) is 11.4. The van der Waals surface area contributed by atoms with Gasteiger partial charge in [-0.15, -0.1) is 0 Å². The maximum Gasteiger partial charge on any atom is 0.217 e. The molecule has 152 valence electrons. The van der Waals surface area contributed by atoms with Gasteiger partial charge in [-0.3, -0.25) is 4.79 Å². The maximum atomic E-state index is 11.4. The van der Waals surface area contributed by atoms with Crippen LogP contribution in [-0.4, -0.2) is 94.5 Å². The Balaban J connectivity index is 2.16. The summed E-state index contributed by atoms with van der Waals surface area (Å²) in [6, 6.07) is -1.67. The number of ether oxygens (including phenoxy) is 3. The topological polar surface area (TPSA) is 164 Å². The molecule has 0 spiro atoms. The lowest BCUT2D eigenvalue weighted by molar-refractivity contribution is -0.303. The lowest BCUT2D eigenvalue weighted by atomic mass is 9.89. The van der Waals surface area contributed by atoms with E-state index >= 15 is 0 Å². The Kier molecular flexibility index (Phi) is 7.34. The van der Waals surface area contributed by atoms with Crippen LogP contribution in [-0.2, 0) is 19.0 Å². The summed E-state index contributed by atoms with van der Waals surface area (Å²) < 4.78 is 17.0. The number of aliphatic hydroxyl groups is 4. The van der Waals surface area contributed by atoms with Crippen LogP contribution in [0.5, 0.6) is 0 Å². The summed E-state index contributed by atoms with van der Waals surface area (Å²) in [6.45, 7) is 3.92. The predicted octanol–water partition coefficient (Wildman–Crippen LogP) is -2.94. The van der Waals surface area contributed by atoms with Crippen molar-refractivity contribution in [1.29, 1.82) is 0 Å². The fourth-order valence-electron chi connectivity index (χ4n) is 3.50. The molecule has 1 amide bonds. The molecule has 2 fully saturated rings. The SMILES string of the molecule is CC(=O)NC1[C@H](C)OC(CO)[C@@H](O[C@@H]2OC(CO)[C@@H](C)[C@H](O)C2N)[C@@H]1O. The molecule has 10 nitrogen and oxygen atoms in total. The van der Waals surface area contributed by atoms with Crippen molar-refractivity contribution in [2.24, 2.45) is 11.7 Å². The predicted molar refractivity (Wildman–Crippen MR) is 88.8 cm³/mol. The Bertz CT molecular complexity index is 479. The van der Waals surface area contributed by atoms with Crippen molar-refractivity contribution in [2.45, 2.75) is 75.8 Å². The summed E-state index contributed by atoms with van der Waals surface area (Å²) in [5.41, 5.74) is 5.99. The summed E-state index contributed by atoms with van der Waals surface area (Å²) in [7, 11) is 0. The average Bonchev–Trinajstić information content (AvgIpc) is 2.60. The van der Waals surface area contributed by atoms with E-state index < -0.39 is 67.5 Å². The van der Waals surface area contributed by atoms with Crippen molar-refractivity contribution < 1.29 is 39.4 Å². The number of nitrogens with two attached hydrogens (primary N) is 1. The zero-order valence-electron chi connectivity index (χ0n) is 15.2. The van der Waals surface area contributed by atoms with E-state index in [0.29, 0.717) is 0 Å². The first kappa shape index (κ1) is 21.5. The maximum absolute atomic E-state index is 11.4. The molecule has 0 saturated carbocycles. The van der Waals surface area contributed by atoms with Gasteiger partial charge in [0, 0.05) is 12.8 Å². The van der Waals surface area contributed by atoms with Crippen molar-refractivity contribution >= 4 is 5.91 Å². The van der Waals surface area contributed by atoms with E-state index in [1.807, 2.05) is 0 Å². The van der Waals surface area contributed by atoms with Gasteiger partial charge in [0.1, 0.15) is 18.3 Å². The molecular weight excluding hydrogens is 348 g/mol. The van der Waals surface area contributed by atoms with Gasteiger partial charge in [0.25, 0.3) is 0 Å². The minimum absolute atomic E-state index is 0.330. The molecule has 7 N–H and O–H groups in total. The number of carbonyl (C=O) groups excluding carboxylic acids is 1. The first-order chi connectivity index (χ1) is 12.2. The molecule has 2 aliphatic heterocycles. The van der Waals surface area contributed by atoms with Gasteiger partial charge in [0.2, 0.25) is 5.91 Å². The number of rotatable bonds is 5. The van der Waals surface area contributed by atoms with E-state index in [0.717, 1.165) is 0 Å². The Morgan fingerprint density at radius 2 is 1.73 bits per heavy atom. The highest BCUT2D eigenvalue weighted by Gasteiger charge is 2.48. The quantitative estimate of drug-likeness (QED) is 0.294. The smallest absolute Gasteiger partial charge is 0.217 e. The zero-order valence-corrected chi connectivity index (χ0v) is 15.2. The lowest BCUT2D eigenvalue weighted by Crippen LogP contribution is -2.67. The highest BCUT2D eigenvalue weighted by atomic mass is 16.7. The first-order valence-electron chi connectivity index (χ1n) is 8.78. The molecule has 4 unspecified atom stereocenters. The first-order valence-corrected chi connectivity index (χ1v) is 8.78. The standard InChI is InChI=1S/C16H30N2O8/c1-6-9(4-19)25-16(11(17)13(6)22)26-15-10(5-20)24-7(2)12(14(15)23)18-8(3)21/h6-7,9-16,19-20,22-23H,4-5,17H2,1-3H3,(H,18,21)/t6-,7+,9?,10?,11?,12?,13+,14-,15-,16+/m1/s1. The van der Waals surface area contributed by atoms with Crippen LogP contribution < -0.4 is 11.1 Å². The van der Waals surface area contributed by atoms with Gasteiger partial charge in [0.15, 0.2) is 6.29 Å². The Morgan fingerprint density at radius 1 is 1.12 bits per heavy atom. The van der Waals surface area contributed by atoms with Crippen LogP contribution in [0.1, 0.15) is 20.8 Å². The van der Waals surface area contributed by atoms with Crippen LogP contribution in [0.15, 0.2) is 0 Å². The molecule has 2 saturated heterocycles. The van der Waals surface area contributed by atoms with Crippen molar-refractivity contribution in [3.63, 3.8) is 0 Å². The molecule has 0 aromatic rings. The van der Waals surface area contributed by atoms with Crippen molar-refractivity contribution in [3.8, 4) is 0 Å². The number of aliphatic hydroxyl groups excluding tert-OH is 4. The number of amides is 1. The van der Waals surface area contributed by atoms with Gasteiger partial charge < -0.3 is 45.7 Å². The summed E-state index contributed by atoms with van der Waals surface area (Å²) in [5, 5.41) is 42.5. The fourth-order valence-corrected chi connectivity index (χ4v) is 3.50. The monoisotopic (exact) mass is 378 g/mol. The highest BCUT2D eigenvalue weighted by molar-refractivity contribution is 5.73. The molecule has 10 atom stereocenters. The van der Waals surface area contributed by atoms with E-state index in [2.05, 4.69) is 5.32 Å². The van der Waals surface area contributed by atoms with Gasteiger partial charge in [0.05, 0.1) is 43.6 Å². The van der Waals surface area contributed by atoms with Gasteiger partial charge in [-0.1, -0.05) is 6.92 Å². The Morgan fingerprint density at radius 3 is 2.27 bits per heavy atom. The average molecular weight is 378 g/mol. The van der Waals surface area contributed by atoms with Crippen molar-refractivity contribution in [2.75, 3.05) is 13.2 Å². The fraction of sp³-hybridized carbons (Fsp3) is 0.938. The third-order valence-electron chi connectivity index (χ3n) is 5.13. The van der Waals surface area contributed by atoms with E-state index in [1.54, 1.807) is 13.8 Å². The van der Waals surface area contributed by atoms with Crippen LogP contribution in [0, 0.1) is 5.92 Å². The second kappa shape index (κ2) is 8.89. The molecule has 0 aromatic carbocycles. The molecule has 0 bridgehead atoms. The number of hydrogen-bond acceptors (Lipinski definition) is 9. The van der Waals surface area contributed by atoms with Gasteiger partial charge >= 0.3 is 0 Å². The second-order valence-electron chi connectivity index (χ2n) is 7.03. The number of hydrogen-bond donors (Lipinski definition) is 6. The zero-order chi connectivity index (χ0) is 19.6. The Labute approximate surface area is 152 Å². The molecule has 2 heterocycles. The van der Waals surface area contributed by atoms with Crippen molar-refractivity contribution in [3.05, 3.63) is 0 Å². The summed E-state index contributed by atoms with van der Waals surface area (Å²) in [6.07, 6.45) is -6.46. The van der Waals surface area contributed by atoms with E-state index in [4.69, 9.17) is 19.9 Å². The molecule has 0 radical (unpaired) electrons. The lowest BCUT2D eigenvalue weighted by Gasteiger charge is -2.47. The number of nitrogens with one attached hydrogen (secondary N) is 1. The van der Waals surface area contributed by atoms with E-state index in [-0.39, 0.29) is 12.5 Å². The minimum atomic E-state index is -1.19. The third kappa shape index (κ3) is 4.34. The van der Waals surface area contributed by atoms with Gasteiger partial charge in [-0.2, -0.15) is 0 Å². The molecule has 2 rings (SSSR count). The third-order valence-corrected chi connectivity index (χ3v) is 5.13. The number of carbonyl (C=O) groups is 1. The van der Waals surface area contributed by atoms with Gasteiger partial charge in [-0.25, -0.2) is 0 Å². The summed E-state index contributed by atoms with van der Waals surface area (Å²) in [5.74, 6) is -0.746. The molecular formula is C16H30N2O8. The van der Waals surface area contributed by atoms with Crippen LogP contribution in [0.3, 0.4) is 0 Å². The normalized spacial score (nSPS) is 46.8. The van der Waals surface area contributed by atoms with Gasteiger partial charge in [-0.05, 0) is 6.92 Å². The van der Waals surface area contributed by atoms with Crippen LogP contribution >= 0.6 is 0 Å².